The highest BCUT2D eigenvalue weighted by molar-refractivity contribution is 5.80. The van der Waals surface area contributed by atoms with Crippen molar-refractivity contribution in [3.8, 4) is 11.1 Å². The minimum atomic E-state index is -4.38. The molecule has 5 heteroatoms. The first-order valence-electron chi connectivity index (χ1n) is 9.51. The summed E-state index contributed by atoms with van der Waals surface area (Å²) in [6, 6.07) is 21.6. The zero-order valence-corrected chi connectivity index (χ0v) is 15.7. The smallest absolute Gasteiger partial charge is 0.338 e. The molecule has 2 nitrogen and oxygen atoms in total. The van der Waals surface area contributed by atoms with Crippen molar-refractivity contribution in [3.05, 3.63) is 95.1 Å². The molecule has 1 aliphatic heterocycles. The van der Waals surface area contributed by atoms with Gasteiger partial charge in [0.25, 0.3) is 0 Å². The van der Waals surface area contributed by atoms with Gasteiger partial charge in [-0.3, -0.25) is 4.79 Å². The van der Waals surface area contributed by atoms with Gasteiger partial charge in [0.2, 0.25) is 5.91 Å². The predicted molar refractivity (Wildman–Crippen MR) is 106 cm³/mol. The van der Waals surface area contributed by atoms with Crippen LogP contribution in [-0.4, -0.2) is 17.4 Å². The largest absolute Gasteiger partial charge is 0.416 e. The number of halogens is 3. The average molecular weight is 395 g/mol. The van der Waals surface area contributed by atoms with Crippen molar-refractivity contribution in [2.45, 2.75) is 25.6 Å². The van der Waals surface area contributed by atoms with Crippen molar-refractivity contribution in [1.29, 1.82) is 0 Å². The Kier molecular flexibility index (Phi) is 5.14. The second-order valence-corrected chi connectivity index (χ2v) is 7.29. The number of carbonyl (C=O) groups excluding carboxylic acids is 1. The minimum absolute atomic E-state index is 0.0710. The Morgan fingerprint density at radius 1 is 0.862 bits per heavy atom. The van der Waals surface area contributed by atoms with E-state index >= 15 is 0 Å². The lowest BCUT2D eigenvalue weighted by Crippen LogP contribution is -2.37. The molecule has 0 aromatic heterocycles. The molecule has 4 rings (SSSR count). The van der Waals surface area contributed by atoms with Crippen LogP contribution in [0, 0.1) is 0 Å². The summed E-state index contributed by atoms with van der Waals surface area (Å²) in [5.41, 5.74) is 3.81. The summed E-state index contributed by atoms with van der Waals surface area (Å²) < 4.78 is 39.0. The molecule has 0 atom stereocenters. The molecule has 0 fully saturated rings. The maximum Gasteiger partial charge on any atom is 0.416 e. The van der Waals surface area contributed by atoms with E-state index in [1.807, 2.05) is 54.6 Å². The molecular weight excluding hydrogens is 375 g/mol. The lowest BCUT2D eigenvalue weighted by atomic mass is 9.96. The number of hydrogen-bond donors (Lipinski definition) is 0. The highest BCUT2D eigenvalue weighted by Crippen LogP contribution is 2.32. The molecule has 0 saturated heterocycles. The molecule has 0 aliphatic carbocycles. The quantitative estimate of drug-likeness (QED) is 0.573. The summed E-state index contributed by atoms with van der Waals surface area (Å²) in [6.45, 7) is 0.742. The molecule has 0 N–H and O–H groups in total. The van der Waals surface area contributed by atoms with Crippen LogP contribution < -0.4 is 0 Å². The number of rotatable bonds is 3. The van der Waals surface area contributed by atoms with Gasteiger partial charge in [-0.1, -0.05) is 60.7 Å². The Morgan fingerprint density at radius 3 is 2.38 bits per heavy atom. The van der Waals surface area contributed by atoms with E-state index in [0.717, 1.165) is 28.3 Å². The van der Waals surface area contributed by atoms with Gasteiger partial charge >= 0.3 is 6.18 Å². The standard InChI is InChI=1S/C24H20F3NO/c25-24(26,27)22-10-9-19-11-12-28(16-21(19)15-22)23(29)14-17-5-4-8-20(13-17)18-6-2-1-3-7-18/h1-10,13,15H,11-12,14,16H2. The topological polar surface area (TPSA) is 20.3 Å². The number of hydrogen-bond acceptors (Lipinski definition) is 1. The van der Waals surface area contributed by atoms with Crippen LogP contribution in [0.5, 0.6) is 0 Å². The number of amides is 1. The lowest BCUT2D eigenvalue weighted by molar-refractivity contribution is -0.137. The van der Waals surface area contributed by atoms with Gasteiger partial charge in [-0.15, -0.1) is 0 Å². The maximum absolute atomic E-state index is 13.0. The Labute approximate surface area is 167 Å². The second-order valence-electron chi connectivity index (χ2n) is 7.29. The third-order valence-electron chi connectivity index (χ3n) is 5.29. The van der Waals surface area contributed by atoms with Crippen molar-refractivity contribution < 1.29 is 18.0 Å². The van der Waals surface area contributed by atoms with Crippen LogP contribution >= 0.6 is 0 Å². The van der Waals surface area contributed by atoms with Crippen LogP contribution in [-0.2, 0) is 30.4 Å². The van der Waals surface area contributed by atoms with Gasteiger partial charge in [0.15, 0.2) is 0 Å². The molecule has 0 saturated carbocycles. The summed E-state index contributed by atoms with van der Waals surface area (Å²) in [4.78, 5) is 14.5. The fourth-order valence-electron chi connectivity index (χ4n) is 3.72. The van der Waals surface area contributed by atoms with Crippen molar-refractivity contribution >= 4 is 5.91 Å². The normalized spacial score (nSPS) is 13.8. The van der Waals surface area contributed by atoms with Crippen LogP contribution in [0.3, 0.4) is 0 Å². The number of benzene rings is 3. The van der Waals surface area contributed by atoms with Gasteiger partial charge in [0.05, 0.1) is 12.0 Å². The first-order valence-corrected chi connectivity index (χ1v) is 9.51. The molecular formula is C24H20F3NO. The number of carbonyl (C=O) groups is 1. The van der Waals surface area contributed by atoms with Crippen LogP contribution in [0.1, 0.15) is 22.3 Å². The summed E-state index contributed by atoms with van der Waals surface area (Å²) in [6.07, 6.45) is -3.57. The summed E-state index contributed by atoms with van der Waals surface area (Å²) in [5, 5.41) is 0. The molecule has 1 heterocycles. The Balaban J connectivity index is 1.49. The molecule has 0 spiro atoms. The van der Waals surface area contributed by atoms with Gasteiger partial charge in [-0.2, -0.15) is 13.2 Å². The average Bonchev–Trinajstić information content (AvgIpc) is 2.73. The first kappa shape index (κ1) is 19.2. The van der Waals surface area contributed by atoms with Crippen molar-refractivity contribution in [2.75, 3.05) is 6.54 Å². The van der Waals surface area contributed by atoms with Gasteiger partial charge in [0, 0.05) is 13.1 Å². The number of nitrogens with zero attached hydrogens (tertiary/aromatic N) is 1. The third kappa shape index (κ3) is 4.34. The fraction of sp³-hybridized carbons (Fsp3) is 0.208. The van der Waals surface area contributed by atoms with Crippen LogP contribution in [0.2, 0.25) is 0 Å². The molecule has 3 aromatic rings. The Hall–Kier alpha value is -3.08. The third-order valence-corrected chi connectivity index (χ3v) is 5.29. The molecule has 0 radical (unpaired) electrons. The SMILES string of the molecule is O=C(Cc1cccc(-c2ccccc2)c1)N1CCc2ccc(C(F)(F)F)cc2C1. The van der Waals surface area contributed by atoms with E-state index < -0.39 is 11.7 Å². The monoisotopic (exact) mass is 395 g/mol. The Bertz CT molecular complexity index is 1030. The molecule has 29 heavy (non-hydrogen) atoms. The minimum Gasteiger partial charge on any atom is -0.338 e. The fourth-order valence-corrected chi connectivity index (χ4v) is 3.72. The molecule has 1 aliphatic rings. The van der Waals surface area contributed by atoms with Crippen molar-refractivity contribution in [3.63, 3.8) is 0 Å². The van der Waals surface area contributed by atoms with E-state index in [-0.39, 0.29) is 18.9 Å². The van der Waals surface area contributed by atoms with Gasteiger partial charge in [-0.05, 0) is 46.4 Å². The molecule has 0 unspecified atom stereocenters. The predicted octanol–water partition coefficient (Wildman–Crippen LogP) is 5.50. The zero-order chi connectivity index (χ0) is 20.4. The number of alkyl halides is 3. The van der Waals surface area contributed by atoms with Crippen LogP contribution in [0.25, 0.3) is 11.1 Å². The maximum atomic E-state index is 13.0. The molecule has 3 aromatic carbocycles. The Morgan fingerprint density at radius 2 is 1.62 bits per heavy atom. The number of fused-ring (bicyclic) bond motifs is 1. The second kappa shape index (κ2) is 7.74. The van der Waals surface area contributed by atoms with Crippen LogP contribution in [0.4, 0.5) is 13.2 Å². The first-order chi connectivity index (χ1) is 13.9. The van der Waals surface area contributed by atoms with Crippen molar-refractivity contribution in [1.82, 2.24) is 4.90 Å². The highest BCUT2D eigenvalue weighted by atomic mass is 19.4. The van der Waals surface area contributed by atoms with Gasteiger partial charge in [-0.25, -0.2) is 0 Å². The highest BCUT2D eigenvalue weighted by Gasteiger charge is 2.32. The van der Waals surface area contributed by atoms with Crippen LogP contribution in [0.15, 0.2) is 72.8 Å². The van der Waals surface area contributed by atoms with Gasteiger partial charge < -0.3 is 4.90 Å². The van der Waals surface area contributed by atoms with E-state index in [1.54, 1.807) is 4.90 Å². The van der Waals surface area contributed by atoms with E-state index in [2.05, 4.69) is 0 Å². The zero-order valence-electron chi connectivity index (χ0n) is 15.7. The lowest BCUT2D eigenvalue weighted by Gasteiger charge is -2.29. The van der Waals surface area contributed by atoms with E-state index in [9.17, 15) is 18.0 Å². The summed E-state index contributed by atoms with van der Waals surface area (Å²) in [5.74, 6) is -0.0710. The summed E-state index contributed by atoms with van der Waals surface area (Å²) in [7, 11) is 0. The molecule has 148 valence electrons. The van der Waals surface area contributed by atoms with E-state index in [1.165, 1.54) is 12.1 Å². The molecule has 0 bridgehead atoms. The van der Waals surface area contributed by atoms with Crippen molar-refractivity contribution in [2.24, 2.45) is 0 Å². The summed E-state index contributed by atoms with van der Waals surface area (Å²) >= 11 is 0. The van der Waals surface area contributed by atoms with E-state index in [4.69, 9.17) is 0 Å². The van der Waals surface area contributed by atoms with E-state index in [0.29, 0.717) is 18.5 Å². The molecule has 1 amide bonds. The van der Waals surface area contributed by atoms with Gasteiger partial charge in [0.1, 0.15) is 0 Å².